The number of piperidine rings is 1. The summed E-state index contributed by atoms with van der Waals surface area (Å²) in [6.45, 7) is 4.34. The summed E-state index contributed by atoms with van der Waals surface area (Å²) in [5.74, 6) is 0.292. The molecular formula is C16H23ClN2O. The van der Waals surface area contributed by atoms with E-state index in [1.54, 1.807) is 0 Å². The number of carbonyl (C=O) groups is 1. The molecule has 2 fully saturated rings. The Morgan fingerprint density at radius 2 is 1.70 bits per heavy atom. The van der Waals surface area contributed by atoms with Gasteiger partial charge in [0.1, 0.15) is 0 Å². The topological polar surface area (TPSA) is 23.6 Å². The first-order valence-electron chi connectivity index (χ1n) is 7.39. The van der Waals surface area contributed by atoms with Crippen LogP contribution in [0.3, 0.4) is 0 Å². The third-order valence-corrected chi connectivity index (χ3v) is 4.39. The molecule has 3 rings (SSSR count). The molecule has 0 unspecified atom stereocenters. The second-order valence-electron chi connectivity index (χ2n) is 5.74. The first-order chi connectivity index (χ1) is 9.27. The van der Waals surface area contributed by atoms with Crippen molar-refractivity contribution in [2.75, 3.05) is 18.0 Å². The highest BCUT2D eigenvalue weighted by molar-refractivity contribution is 6.00. The lowest BCUT2D eigenvalue weighted by molar-refractivity contribution is -0.122. The summed E-state index contributed by atoms with van der Waals surface area (Å²) in [6.07, 6.45) is 4.76. The largest absolute Gasteiger partial charge is 0.308 e. The average Bonchev–Trinajstić information content (AvgIpc) is 2.76. The van der Waals surface area contributed by atoms with Crippen molar-refractivity contribution in [1.29, 1.82) is 0 Å². The Labute approximate surface area is 127 Å². The lowest BCUT2D eigenvalue weighted by Crippen LogP contribution is -2.44. The van der Waals surface area contributed by atoms with Crippen LogP contribution < -0.4 is 4.90 Å². The zero-order valence-electron chi connectivity index (χ0n) is 12.0. The van der Waals surface area contributed by atoms with E-state index in [2.05, 4.69) is 11.8 Å². The fraction of sp³-hybridized carbons (Fsp3) is 0.562. The zero-order valence-corrected chi connectivity index (χ0v) is 12.8. The maximum absolute atomic E-state index is 12.7. The SMILES string of the molecule is C[C@@H]1C[C@@H](N2CCCCC2)C(=O)N1c1ccccc1.Cl. The van der Waals surface area contributed by atoms with Gasteiger partial charge in [0.15, 0.2) is 0 Å². The molecule has 0 bridgehead atoms. The second kappa shape index (κ2) is 6.59. The van der Waals surface area contributed by atoms with E-state index in [0.29, 0.717) is 11.9 Å². The van der Waals surface area contributed by atoms with Crippen LogP contribution in [0, 0.1) is 0 Å². The van der Waals surface area contributed by atoms with Crippen LogP contribution in [0.1, 0.15) is 32.6 Å². The van der Waals surface area contributed by atoms with E-state index in [-0.39, 0.29) is 18.4 Å². The van der Waals surface area contributed by atoms with Crippen LogP contribution in [-0.2, 0) is 4.79 Å². The Morgan fingerprint density at radius 3 is 2.35 bits per heavy atom. The van der Waals surface area contributed by atoms with Crippen molar-refractivity contribution in [2.24, 2.45) is 0 Å². The number of benzene rings is 1. The van der Waals surface area contributed by atoms with Gasteiger partial charge < -0.3 is 4.90 Å². The van der Waals surface area contributed by atoms with E-state index in [1.807, 2.05) is 35.2 Å². The number of nitrogens with zero attached hydrogens (tertiary/aromatic N) is 2. The van der Waals surface area contributed by atoms with Gasteiger partial charge in [-0.25, -0.2) is 0 Å². The van der Waals surface area contributed by atoms with Crippen LogP contribution in [0.5, 0.6) is 0 Å². The van der Waals surface area contributed by atoms with E-state index >= 15 is 0 Å². The Bertz CT molecular complexity index is 445. The maximum atomic E-state index is 12.7. The quantitative estimate of drug-likeness (QED) is 0.837. The summed E-state index contributed by atoms with van der Waals surface area (Å²) in [7, 11) is 0. The van der Waals surface area contributed by atoms with Crippen LogP contribution in [-0.4, -0.2) is 36.0 Å². The molecule has 2 aliphatic heterocycles. The monoisotopic (exact) mass is 294 g/mol. The molecule has 2 atom stereocenters. The van der Waals surface area contributed by atoms with Gasteiger partial charge in [-0.05, 0) is 51.4 Å². The molecule has 0 spiro atoms. The van der Waals surface area contributed by atoms with Gasteiger partial charge in [0.05, 0.1) is 6.04 Å². The van der Waals surface area contributed by atoms with Gasteiger partial charge in [-0.3, -0.25) is 9.69 Å². The van der Waals surface area contributed by atoms with E-state index in [0.717, 1.165) is 25.2 Å². The van der Waals surface area contributed by atoms with Gasteiger partial charge in [-0.15, -0.1) is 12.4 Å². The third kappa shape index (κ3) is 2.84. The minimum Gasteiger partial charge on any atom is -0.308 e. The molecule has 0 aliphatic carbocycles. The van der Waals surface area contributed by atoms with Crippen molar-refractivity contribution in [2.45, 2.75) is 44.7 Å². The summed E-state index contributed by atoms with van der Waals surface area (Å²) < 4.78 is 0. The van der Waals surface area contributed by atoms with Gasteiger partial charge in [0.2, 0.25) is 5.91 Å². The highest BCUT2D eigenvalue weighted by Gasteiger charge is 2.41. The predicted octanol–water partition coefficient (Wildman–Crippen LogP) is 3.09. The lowest BCUT2D eigenvalue weighted by atomic mass is 10.1. The van der Waals surface area contributed by atoms with E-state index in [9.17, 15) is 4.79 Å². The summed E-state index contributed by atoms with van der Waals surface area (Å²) in [5.41, 5.74) is 1.04. The van der Waals surface area contributed by atoms with Gasteiger partial charge >= 0.3 is 0 Å². The molecule has 0 aromatic heterocycles. The predicted molar refractivity (Wildman–Crippen MR) is 84.5 cm³/mol. The fourth-order valence-electron chi connectivity index (χ4n) is 3.41. The van der Waals surface area contributed by atoms with Crippen LogP contribution in [0.15, 0.2) is 30.3 Å². The van der Waals surface area contributed by atoms with Crippen LogP contribution >= 0.6 is 12.4 Å². The number of amides is 1. The molecule has 2 aliphatic rings. The maximum Gasteiger partial charge on any atom is 0.244 e. The van der Waals surface area contributed by atoms with Crippen LogP contribution in [0.25, 0.3) is 0 Å². The number of halogens is 1. The number of likely N-dealkylation sites (tertiary alicyclic amines) is 1. The summed E-state index contributed by atoms with van der Waals surface area (Å²) >= 11 is 0. The average molecular weight is 295 g/mol. The number of anilines is 1. The summed E-state index contributed by atoms with van der Waals surface area (Å²) in [4.78, 5) is 17.1. The number of hydrogen-bond donors (Lipinski definition) is 0. The van der Waals surface area contributed by atoms with Crippen molar-refractivity contribution in [3.63, 3.8) is 0 Å². The molecule has 110 valence electrons. The minimum atomic E-state index is 0. The van der Waals surface area contributed by atoms with Gasteiger partial charge in [0.25, 0.3) is 0 Å². The first kappa shape index (κ1) is 15.3. The minimum absolute atomic E-state index is 0. The number of rotatable bonds is 2. The zero-order chi connectivity index (χ0) is 13.2. The Morgan fingerprint density at radius 1 is 1.05 bits per heavy atom. The van der Waals surface area contributed by atoms with Crippen LogP contribution in [0.2, 0.25) is 0 Å². The molecular weight excluding hydrogens is 272 g/mol. The van der Waals surface area contributed by atoms with Crippen molar-refractivity contribution >= 4 is 24.0 Å². The molecule has 2 saturated heterocycles. The van der Waals surface area contributed by atoms with Gasteiger partial charge in [-0.1, -0.05) is 24.6 Å². The summed E-state index contributed by atoms with van der Waals surface area (Å²) in [5, 5.41) is 0. The normalized spacial score (nSPS) is 27.4. The Hall–Kier alpha value is -1.06. The Balaban J connectivity index is 0.00000147. The molecule has 1 aromatic rings. The molecule has 1 aromatic carbocycles. The number of carbonyl (C=O) groups excluding carboxylic acids is 1. The number of hydrogen-bond acceptors (Lipinski definition) is 2. The molecule has 3 nitrogen and oxygen atoms in total. The van der Waals surface area contributed by atoms with Crippen molar-refractivity contribution in [3.8, 4) is 0 Å². The Kier molecular flexibility index (Phi) is 5.06. The molecule has 2 heterocycles. The molecule has 20 heavy (non-hydrogen) atoms. The van der Waals surface area contributed by atoms with Crippen molar-refractivity contribution in [1.82, 2.24) is 4.90 Å². The van der Waals surface area contributed by atoms with Crippen molar-refractivity contribution < 1.29 is 4.79 Å². The standard InChI is InChI=1S/C16H22N2O.ClH/c1-13-12-15(17-10-6-3-7-11-17)16(19)18(13)14-8-4-2-5-9-14;/h2,4-5,8-9,13,15H,3,6-7,10-12H2,1H3;1H/t13-,15-;/m1./s1. The molecule has 4 heteroatoms. The molecule has 0 radical (unpaired) electrons. The highest BCUT2D eigenvalue weighted by atomic mass is 35.5. The van der Waals surface area contributed by atoms with Gasteiger partial charge in [0, 0.05) is 11.7 Å². The molecule has 1 amide bonds. The second-order valence-corrected chi connectivity index (χ2v) is 5.74. The first-order valence-corrected chi connectivity index (χ1v) is 7.39. The van der Waals surface area contributed by atoms with Crippen molar-refractivity contribution in [3.05, 3.63) is 30.3 Å². The summed E-state index contributed by atoms with van der Waals surface area (Å²) in [6, 6.07) is 10.5. The van der Waals surface area contributed by atoms with Crippen LogP contribution in [0.4, 0.5) is 5.69 Å². The smallest absolute Gasteiger partial charge is 0.244 e. The molecule has 0 saturated carbocycles. The highest BCUT2D eigenvalue weighted by Crippen LogP contribution is 2.30. The van der Waals surface area contributed by atoms with E-state index < -0.39 is 0 Å². The van der Waals surface area contributed by atoms with E-state index in [4.69, 9.17) is 0 Å². The number of para-hydroxylation sites is 1. The molecule has 0 N–H and O–H groups in total. The third-order valence-electron chi connectivity index (χ3n) is 4.39. The fourth-order valence-corrected chi connectivity index (χ4v) is 3.41. The lowest BCUT2D eigenvalue weighted by Gasteiger charge is -2.31. The van der Waals surface area contributed by atoms with Gasteiger partial charge in [-0.2, -0.15) is 0 Å². The van der Waals surface area contributed by atoms with E-state index in [1.165, 1.54) is 19.3 Å².